The average Bonchev–Trinajstić information content (AvgIpc) is 2.55. The third-order valence-electron chi connectivity index (χ3n) is 3.24. The maximum atomic E-state index is 7.92. The summed E-state index contributed by atoms with van der Waals surface area (Å²) in [4.78, 5) is 4.29. The van der Waals surface area contributed by atoms with Gasteiger partial charge in [-0.15, -0.1) is 11.6 Å². The molecule has 2 aromatic carbocycles. The van der Waals surface area contributed by atoms with Crippen LogP contribution < -0.4 is 0 Å². The molecule has 0 aliphatic heterocycles. The summed E-state index contributed by atoms with van der Waals surface area (Å²) >= 11 is 6.07. The van der Waals surface area contributed by atoms with Crippen molar-refractivity contribution in [2.75, 3.05) is 0 Å². The topological polar surface area (TPSA) is 12.9 Å². The summed E-state index contributed by atoms with van der Waals surface area (Å²) in [7, 11) is 0. The third kappa shape index (κ3) is 2.45. The van der Waals surface area contributed by atoms with Crippen LogP contribution in [0.5, 0.6) is 0 Å². The van der Waals surface area contributed by atoms with Crippen LogP contribution in [-0.4, -0.2) is 4.98 Å². The largest absolute Gasteiger partial charge is 0.259 e. The Morgan fingerprint density at radius 1 is 0.850 bits per heavy atom. The Morgan fingerprint density at radius 3 is 2.05 bits per heavy atom. The van der Waals surface area contributed by atoms with Crippen LogP contribution in [0.1, 0.15) is 7.06 Å². The van der Waals surface area contributed by atoms with E-state index in [0.29, 0.717) is 0 Å². The monoisotopic (exact) mass is 280 g/mol. The summed E-state index contributed by atoms with van der Waals surface area (Å²) in [5, 5.41) is 0. The molecule has 1 aromatic heterocycles. The van der Waals surface area contributed by atoms with Gasteiger partial charge in [-0.3, -0.25) is 4.98 Å². The van der Waals surface area contributed by atoms with Crippen LogP contribution in [-0.2, 0) is 5.88 Å². The van der Waals surface area contributed by atoms with E-state index in [9.17, 15) is 0 Å². The molecule has 0 amide bonds. The molecule has 0 radical (unpaired) electrons. The van der Waals surface area contributed by atoms with E-state index < -0.39 is 0 Å². The minimum absolute atomic E-state index is 0.240. The van der Waals surface area contributed by atoms with Gasteiger partial charge in [-0.1, -0.05) is 60.7 Å². The van der Waals surface area contributed by atoms with Gasteiger partial charge in [0.2, 0.25) is 0 Å². The highest BCUT2D eigenvalue weighted by Gasteiger charge is 2.12. The number of aromatic nitrogens is 1. The molecule has 0 N–H and O–H groups in total. The number of nitrogens with zero attached hydrogens (tertiary/aromatic N) is 1. The molecule has 3 rings (SSSR count). The quantitative estimate of drug-likeness (QED) is 0.604. The smallest absolute Gasteiger partial charge is 0.0840 e. The Morgan fingerprint density at radius 2 is 1.45 bits per heavy atom. The second-order valence-corrected chi connectivity index (χ2v) is 4.75. The Bertz CT molecular complexity index is 742. The molecule has 0 aliphatic rings. The molecular weight excluding hydrogens is 266 g/mol. The zero-order valence-corrected chi connectivity index (χ0v) is 11.6. The molecule has 3 aromatic rings. The molecule has 20 heavy (non-hydrogen) atoms. The number of benzene rings is 2. The first-order chi connectivity index (χ1) is 10.3. The van der Waals surface area contributed by atoms with Crippen LogP contribution in [0.3, 0.4) is 0 Å². The standard InChI is InChI=1S/C18H14ClN/c19-13-17-18(15-9-5-2-6-10-15)16(11-12-20-17)14-7-3-1-4-8-14/h1-12H,13H2/i12D. The second-order valence-electron chi connectivity index (χ2n) is 4.49. The van der Waals surface area contributed by atoms with Gasteiger partial charge in [-0.05, 0) is 22.8 Å². The molecule has 0 saturated heterocycles. The number of rotatable bonds is 3. The van der Waals surface area contributed by atoms with Crippen molar-refractivity contribution < 1.29 is 1.37 Å². The van der Waals surface area contributed by atoms with Gasteiger partial charge >= 0.3 is 0 Å². The highest BCUT2D eigenvalue weighted by atomic mass is 35.5. The van der Waals surface area contributed by atoms with Gasteiger partial charge in [-0.25, -0.2) is 0 Å². The van der Waals surface area contributed by atoms with Crippen LogP contribution in [0.25, 0.3) is 22.3 Å². The fraction of sp³-hybridized carbons (Fsp3) is 0.0556. The van der Waals surface area contributed by atoms with E-state index in [4.69, 9.17) is 13.0 Å². The molecule has 0 saturated carbocycles. The lowest BCUT2D eigenvalue weighted by atomic mass is 9.94. The third-order valence-corrected chi connectivity index (χ3v) is 3.49. The minimum Gasteiger partial charge on any atom is -0.259 e. The first-order valence-corrected chi connectivity index (χ1v) is 7.00. The van der Waals surface area contributed by atoms with Gasteiger partial charge in [0.25, 0.3) is 0 Å². The van der Waals surface area contributed by atoms with Crippen LogP contribution >= 0.6 is 11.6 Å². The molecule has 0 fully saturated rings. The Kier molecular flexibility index (Phi) is 3.44. The summed E-state index contributed by atoms with van der Waals surface area (Å²) in [6.07, 6.45) is 0.240. The van der Waals surface area contributed by atoms with E-state index in [1.165, 1.54) is 0 Å². The first kappa shape index (κ1) is 11.7. The van der Waals surface area contributed by atoms with E-state index in [0.717, 1.165) is 27.9 Å². The molecular formula is C18H14ClN. The van der Waals surface area contributed by atoms with Gasteiger partial charge < -0.3 is 0 Å². The molecule has 0 atom stereocenters. The predicted molar refractivity (Wildman–Crippen MR) is 84.7 cm³/mol. The Hall–Kier alpha value is -2.12. The Labute approximate surface area is 125 Å². The molecule has 0 spiro atoms. The molecule has 1 nitrogen and oxygen atoms in total. The first-order valence-electron chi connectivity index (χ1n) is 6.97. The van der Waals surface area contributed by atoms with Crippen LogP contribution in [0.4, 0.5) is 0 Å². The van der Waals surface area contributed by atoms with Gasteiger partial charge in [0.15, 0.2) is 0 Å². The van der Waals surface area contributed by atoms with Crippen molar-refractivity contribution in [3.05, 3.63) is 78.6 Å². The summed E-state index contributed by atoms with van der Waals surface area (Å²) in [6.45, 7) is 0. The highest BCUT2D eigenvalue weighted by Crippen LogP contribution is 2.34. The second kappa shape index (κ2) is 5.89. The summed E-state index contributed by atoms with van der Waals surface area (Å²) < 4.78 is 7.92. The molecule has 98 valence electrons. The van der Waals surface area contributed by atoms with Crippen molar-refractivity contribution in [2.24, 2.45) is 0 Å². The lowest BCUT2D eigenvalue weighted by molar-refractivity contribution is 1.17. The summed E-state index contributed by atoms with van der Waals surface area (Å²) in [5.41, 5.74) is 4.89. The molecule has 0 bridgehead atoms. The zero-order chi connectivity index (χ0) is 14.7. The number of alkyl halides is 1. The SMILES string of the molecule is [2H]c1cc(-c2ccccc2)c(-c2ccccc2)c(CCl)n1. The maximum absolute atomic E-state index is 7.92. The van der Waals surface area contributed by atoms with Gasteiger partial charge in [0.1, 0.15) is 0 Å². The van der Waals surface area contributed by atoms with E-state index in [1.807, 2.05) is 60.7 Å². The van der Waals surface area contributed by atoms with Gasteiger partial charge in [0.05, 0.1) is 12.9 Å². The van der Waals surface area contributed by atoms with Crippen molar-refractivity contribution in [1.29, 1.82) is 0 Å². The molecule has 2 heteroatoms. The normalized spacial score (nSPS) is 11.2. The number of hydrogen-bond acceptors (Lipinski definition) is 1. The van der Waals surface area contributed by atoms with E-state index >= 15 is 0 Å². The number of halogens is 1. The Balaban J connectivity index is 2.31. The molecule has 0 unspecified atom stereocenters. The van der Waals surface area contributed by atoms with Crippen molar-refractivity contribution in [3.8, 4) is 22.3 Å². The summed E-state index contributed by atoms with van der Waals surface area (Å²) in [6, 6.07) is 21.9. The maximum Gasteiger partial charge on any atom is 0.0840 e. The number of hydrogen-bond donors (Lipinski definition) is 0. The lowest BCUT2D eigenvalue weighted by Gasteiger charge is -2.13. The fourth-order valence-corrected chi connectivity index (χ4v) is 2.52. The molecule has 0 aliphatic carbocycles. The zero-order valence-electron chi connectivity index (χ0n) is 11.9. The van der Waals surface area contributed by atoms with E-state index in [2.05, 4.69) is 4.98 Å². The van der Waals surface area contributed by atoms with E-state index in [-0.39, 0.29) is 12.1 Å². The predicted octanol–water partition coefficient (Wildman–Crippen LogP) is 5.15. The number of pyridine rings is 1. The fourth-order valence-electron chi connectivity index (χ4n) is 2.33. The lowest BCUT2D eigenvalue weighted by Crippen LogP contribution is -1.94. The summed E-state index contributed by atoms with van der Waals surface area (Å²) in [5.74, 6) is 0.288. The molecule has 1 heterocycles. The average molecular weight is 281 g/mol. The van der Waals surface area contributed by atoms with E-state index in [1.54, 1.807) is 6.07 Å². The highest BCUT2D eigenvalue weighted by molar-refractivity contribution is 6.17. The van der Waals surface area contributed by atoms with Crippen molar-refractivity contribution >= 4 is 11.6 Å². The minimum atomic E-state index is 0.240. The van der Waals surface area contributed by atoms with Crippen molar-refractivity contribution in [1.82, 2.24) is 4.98 Å². The van der Waals surface area contributed by atoms with Crippen LogP contribution in [0, 0.1) is 0 Å². The van der Waals surface area contributed by atoms with Gasteiger partial charge in [-0.2, -0.15) is 0 Å². The van der Waals surface area contributed by atoms with Gasteiger partial charge in [0, 0.05) is 11.7 Å². The van der Waals surface area contributed by atoms with Crippen LogP contribution in [0.2, 0.25) is 0 Å². The van der Waals surface area contributed by atoms with Crippen molar-refractivity contribution in [2.45, 2.75) is 5.88 Å². The van der Waals surface area contributed by atoms with Crippen LogP contribution in [0.15, 0.2) is 72.9 Å². The van der Waals surface area contributed by atoms with Crippen molar-refractivity contribution in [3.63, 3.8) is 0 Å².